The summed E-state index contributed by atoms with van der Waals surface area (Å²) in [7, 11) is 0.419. The van der Waals surface area contributed by atoms with Gasteiger partial charge in [0, 0.05) is 11.8 Å². The van der Waals surface area contributed by atoms with Crippen molar-refractivity contribution in [2.75, 3.05) is 13.4 Å². The van der Waals surface area contributed by atoms with Crippen molar-refractivity contribution in [2.45, 2.75) is 11.7 Å². The largest absolute Gasteiger partial charge is 0.497 e. The normalized spacial score (nSPS) is 12.3. The van der Waals surface area contributed by atoms with Crippen LogP contribution >= 0.6 is 0 Å². The molecule has 22 heavy (non-hydrogen) atoms. The Morgan fingerprint density at radius 3 is 2.77 bits per heavy atom. The van der Waals surface area contributed by atoms with Crippen LogP contribution in [0.4, 0.5) is 0 Å². The lowest BCUT2D eigenvalue weighted by molar-refractivity contribution is 0.415. The molecule has 1 atom stereocenters. The molecule has 0 fully saturated rings. The lowest BCUT2D eigenvalue weighted by Crippen LogP contribution is -2.05. The number of hydrogen-bond donors (Lipinski definition) is 0. The van der Waals surface area contributed by atoms with Crippen LogP contribution in [0.25, 0.3) is 11.5 Å². The van der Waals surface area contributed by atoms with Crippen LogP contribution in [0.2, 0.25) is 0 Å². The molecule has 0 N–H and O–H groups in total. The van der Waals surface area contributed by atoms with Gasteiger partial charge in [-0.25, -0.2) is 4.98 Å². The number of nitrogens with zero attached hydrogens (tertiary/aromatic N) is 4. The van der Waals surface area contributed by atoms with Crippen molar-refractivity contribution in [3.8, 4) is 17.2 Å². The maximum Gasteiger partial charge on any atom is 0.226 e. The molecule has 7 nitrogen and oxygen atoms in total. The predicted molar refractivity (Wildman–Crippen MR) is 79.9 cm³/mol. The Morgan fingerprint density at radius 2 is 2.09 bits per heavy atom. The maximum absolute atomic E-state index is 11.5. The van der Waals surface area contributed by atoms with Gasteiger partial charge in [0.2, 0.25) is 11.0 Å². The quantitative estimate of drug-likeness (QED) is 0.712. The van der Waals surface area contributed by atoms with E-state index >= 15 is 0 Å². The highest BCUT2D eigenvalue weighted by Crippen LogP contribution is 2.22. The highest BCUT2D eigenvalue weighted by Gasteiger charge is 2.12. The van der Waals surface area contributed by atoms with Gasteiger partial charge in [-0.2, -0.15) is 0 Å². The predicted octanol–water partition coefficient (Wildman–Crippen LogP) is 1.73. The van der Waals surface area contributed by atoms with E-state index in [0.717, 1.165) is 11.3 Å². The van der Waals surface area contributed by atoms with Crippen LogP contribution in [0.15, 0.2) is 46.4 Å². The number of ether oxygens (including phenoxy) is 1. The zero-order valence-corrected chi connectivity index (χ0v) is 12.9. The fourth-order valence-electron chi connectivity index (χ4n) is 2.00. The van der Waals surface area contributed by atoms with E-state index in [1.165, 1.54) is 6.33 Å². The first kappa shape index (κ1) is 14.5. The fourth-order valence-corrected chi connectivity index (χ4v) is 2.60. The summed E-state index contributed by atoms with van der Waals surface area (Å²) in [5.74, 6) is 1.29. The number of aromatic nitrogens is 4. The van der Waals surface area contributed by atoms with Gasteiger partial charge in [-0.3, -0.25) is 4.21 Å². The van der Waals surface area contributed by atoms with E-state index in [4.69, 9.17) is 9.15 Å². The highest BCUT2D eigenvalue weighted by molar-refractivity contribution is 7.84. The van der Waals surface area contributed by atoms with Gasteiger partial charge in [-0.15, -0.1) is 10.2 Å². The molecule has 114 valence electrons. The lowest BCUT2D eigenvalue weighted by Gasteiger charge is -2.01. The molecule has 8 heteroatoms. The summed E-state index contributed by atoms with van der Waals surface area (Å²) < 4.78 is 23.8. The first-order chi connectivity index (χ1) is 10.7. The Balaban J connectivity index is 1.81. The minimum absolute atomic E-state index is 0.404. The minimum Gasteiger partial charge on any atom is -0.497 e. The van der Waals surface area contributed by atoms with Crippen LogP contribution in [0.1, 0.15) is 5.69 Å². The third-order valence-electron chi connectivity index (χ3n) is 3.06. The van der Waals surface area contributed by atoms with E-state index in [1.54, 1.807) is 24.2 Å². The average molecular weight is 318 g/mol. The molecule has 0 saturated carbocycles. The molecular formula is C14H14N4O3S. The molecule has 0 radical (unpaired) electrons. The lowest BCUT2D eigenvalue weighted by atomic mass is 10.2. The van der Waals surface area contributed by atoms with E-state index in [9.17, 15) is 4.21 Å². The van der Waals surface area contributed by atoms with E-state index in [0.29, 0.717) is 23.3 Å². The Bertz CT molecular complexity index is 795. The standard InChI is InChI=1S/C14H14N4O3S/c1-20-12-5-3-10(4-6-12)13-16-11(8-21-13)7-18-9-15-17-14(18)22(2)19/h3-6,8-9H,7H2,1-2H3/t22-/m1/s1. The number of benzene rings is 1. The second-order valence-corrected chi connectivity index (χ2v) is 5.84. The van der Waals surface area contributed by atoms with E-state index in [2.05, 4.69) is 15.2 Å². The first-order valence-electron chi connectivity index (χ1n) is 6.47. The topological polar surface area (TPSA) is 83.0 Å². The second kappa shape index (κ2) is 6.10. The summed E-state index contributed by atoms with van der Waals surface area (Å²) in [4.78, 5) is 4.43. The molecule has 0 aliphatic rings. The van der Waals surface area contributed by atoms with Crippen molar-refractivity contribution in [2.24, 2.45) is 0 Å². The van der Waals surface area contributed by atoms with Crippen LogP contribution in [0, 0.1) is 0 Å². The Kier molecular flexibility index (Phi) is 4.01. The Morgan fingerprint density at radius 1 is 1.32 bits per heavy atom. The van der Waals surface area contributed by atoms with E-state index in [1.807, 2.05) is 24.3 Å². The van der Waals surface area contributed by atoms with Gasteiger partial charge in [0.05, 0.1) is 30.1 Å². The number of rotatable bonds is 5. The maximum atomic E-state index is 11.5. The van der Waals surface area contributed by atoms with Crippen LogP contribution in [0.3, 0.4) is 0 Å². The van der Waals surface area contributed by atoms with Crippen LogP contribution < -0.4 is 4.74 Å². The number of methoxy groups -OCH3 is 1. The average Bonchev–Trinajstić information content (AvgIpc) is 3.17. The molecule has 0 bridgehead atoms. The summed E-state index contributed by atoms with van der Waals surface area (Å²) in [6, 6.07) is 7.44. The van der Waals surface area contributed by atoms with E-state index < -0.39 is 10.8 Å². The van der Waals surface area contributed by atoms with Crippen molar-refractivity contribution < 1.29 is 13.4 Å². The van der Waals surface area contributed by atoms with Crippen LogP contribution in [-0.2, 0) is 17.3 Å². The SMILES string of the molecule is COc1ccc(-c2nc(Cn3cnnc3[S@@](C)=O)co2)cc1. The van der Waals surface area contributed by atoms with Gasteiger partial charge in [0.15, 0.2) is 0 Å². The molecule has 1 aromatic carbocycles. The molecular weight excluding hydrogens is 304 g/mol. The Hall–Kier alpha value is -2.48. The van der Waals surface area contributed by atoms with Crippen LogP contribution in [-0.4, -0.2) is 37.3 Å². The van der Waals surface area contributed by atoms with Crippen molar-refractivity contribution in [1.29, 1.82) is 0 Å². The van der Waals surface area contributed by atoms with Crippen molar-refractivity contribution >= 4 is 10.8 Å². The third-order valence-corrected chi connectivity index (χ3v) is 3.89. The highest BCUT2D eigenvalue weighted by atomic mass is 32.2. The smallest absolute Gasteiger partial charge is 0.226 e. The minimum atomic E-state index is -1.20. The number of oxazole rings is 1. The number of hydrogen-bond acceptors (Lipinski definition) is 6. The summed E-state index contributed by atoms with van der Waals surface area (Å²) in [5, 5.41) is 8.02. The van der Waals surface area contributed by atoms with Crippen molar-refractivity contribution in [3.63, 3.8) is 0 Å². The monoisotopic (exact) mass is 318 g/mol. The molecule has 3 rings (SSSR count). The Labute approximate surface area is 129 Å². The molecule has 0 saturated heterocycles. The second-order valence-electron chi connectivity index (χ2n) is 4.57. The molecule has 3 aromatic rings. The van der Waals surface area contributed by atoms with E-state index in [-0.39, 0.29) is 0 Å². The van der Waals surface area contributed by atoms with Gasteiger partial charge in [-0.05, 0) is 24.3 Å². The summed E-state index contributed by atoms with van der Waals surface area (Å²) in [6.45, 7) is 0.404. The molecule has 2 aromatic heterocycles. The van der Waals surface area contributed by atoms with Gasteiger partial charge >= 0.3 is 0 Å². The molecule has 0 spiro atoms. The molecule has 0 aliphatic carbocycles. The molecule has 0 amide bonds. The zero-order valence-electron chi connectivity index (χ0n) is 12.1. The summed E-state index contributed by atoms with van der Waals surface area (Å²) in [5.41, 5.74) is 1.56. The van der Waals surface area contributed by atoms with Crippen molar-refractivity contribution in [1.82, 2.24) is 19.7 Å². The molecule has 0 aliphatic heterocycles. The third kappa shape index (κ3) is 2.91. The first-order valence-corrected chi connectivity index (χ1v) is 8.03. The zero-order chi connectivity index (χ0) is 15.5. The van der Waals surface area contributed by atoms with Crippen LogP contribution in [0.5, 0.6) is 5.75 Å². The van der Waals surface area contributed by atoms with Gasteiger partial charge in [-0.1, -0.05) is 0 Å². The molecule has 2 heterocycles. The molecule has 0 unspecified atom stereocenters. The fraction of sp³-hybridized carbons (Fsp3) is 0.214. The van der Waals surface area contributed by atoms with Gasteiger partial charge in [0.25, 0.3) is 0 Å². The van der Waals surface area contributed by atoms with Gasteiger partial charge in [0.1, 0.15) is 18.3 Å². The van der Waals surface area contributed by atoms with Crippen molar-refractivity contribution in [3.05, 3.63) is 42.5 Å². The summed E-state index contributed by atoms with van der Waals surface area (Å²) in [6.07, 6.45) is 4.66. The summed E-state index contributed by atoms with van der Waals surface area (Å²) >= 11 is 0. The van der Waals surface area contributed by atoms with Gasteiger partial charge < -0.3 is 13.7 Å².